The minimum atomic E-state index is 0.631. The molecule has 0 fully saturated rings. The Morgan fingerprint density at radius 2 is 0.683 bits per heavy atom. The largest absolute Gasteiger partial charge is 0.255 e. The van der Waals surface area contributed by atoms with Crippen molar-refractivity contribution in [3.05, 3.63) is 213 Å². The van der Waals surface area contributed by atoms with Crippen LogP contribution in [0.2, 0.25) is 0 Å². The van der Waals surface area contributed by atoms with E-state index >= 15 is 0 Å². The Bertz CT molecular complexity index is 2940. The summed E-state index contributed by atoms with van der Waals surface area (Å²) in [6, 6.07) is 67.2. The first kappa shape index (κ1) is 36.1. The van der Waals surface area contributed by atoms with Crippen molar-refractivity contribution in [3.8, 4) is 102 Å². The zero-order valence-corrected chi connectivity index (χ0v) is 32.3. The molecule has 0 aliphatic heterocycles. The number of pyridine rings is 3. The van der Waals surface area contributed by atoms with Gasteiger partial charge in [0, 0.05) is 45.8 Å². The molecule has 0 aliphatic rings. The maximum absolute atomic E-state index is 5.20. The zero-order chi connectivity index (χ0) is 40.1. The third kappa shape index (κ3) is 7.58. The molecule has 5 heterocycles. The number of hydrogen-bond acceptors (Lipinski definition) is 7. The van der Waals surface area contributed by atoms with Gasteiger partial charge < -0.3 is 0 Å². The van der Waals surface area contributed by atoms with Gasteiger partial charge in [-0.05, 0) is 59.7 Å². The van der Waals surface area contributed by atoms with E-state index in [0.717, 1.165) is 78.7 Å². The van der Waals surface area contributed by atoms with Gasteiger partial charge in [-0.2, -0.15) is 0 Å². The molecule has 0 saturated carbocycles. The molecule has 0 saturated heterocycles. The second-order valence-corrected chi connectivity index (χ2v) is 14.2. The number of hydrogen-bond donors (Lipinski definition) is 0. The lowest BCUT2D eigenvalue weighted by Crippen LogP contribution is -1.99. The smallest absolute Gasteiger partial charge is 0.160 e. The molecular formula is C53H35N7. The Kier molecular flexibility index (Phi) is 9.79. The SMILES string of the molecule is c1ccc(-c2cc(-c3ccccc3)nc(-c3ccc(-c4cc(-c5ccccn5)nc(-c5ncccc5-c5cc(-c6ccccc6)nc(-c6ccccc6)n5)c4)cc3)n2)cc1. The first-order valence-corrected chi connectivity index (χ1v) is 19.7. The molecule has 7 heteroatoms. The van der Waals surface area contributed by atoms with Crippen molar-refractivity contribution in [2.45, 2.75) is 0 Å². The van der Waals surface area contributed by atoms with E-state index in [9.17, 15) is 0 Å². The third-order valence-corrected chi connectivity index (χ3v) is 10.2. The number of nitrogens with zero attached hydrogens (tertiary/aromatic N) is 7. The monoisotopic (exact) mass is 769 g/mol. The van der Waals surface area contributed by atoms with Crippen molar-refractivity contribution in [1.29, 1.82) is 0 Å². The van der Waals surface area contributed by atoms with E-state index < -0.39 is 0 Å². The normalized spacial score (nSPS) is 11.0. The summed E-state index contributed by atoms with van der Waals surface area (Å²) < 4.78 is 0. The van der Waals surface area contributed by atoms with Crippen molar-refractivity contribution in [2.24, 2.45) is 0 Å². The van der Waals surface area contributed by atoms with Gasteiger partial charge in [0.25, 0.3) is 0 Å². The van der Waals surface area contributed by atoms with Crippen LogP contribution in [0.1, 0.15) is 0 Å². The molecule has 0 radical (unpaired) electrons. The summed E-state index contributed by atoms with van der Waals surface area (Å²) in [5, 5.41) is 0. The minimum Gasteiger partial charge on any atom is -0.255 e. The fourth-order valence-electron chi connectivity index (χ4n) is 7.24. The maximum atomic E-state index is 5.20. The average molecular weight is 770 g/mol. The van der Waals surface area contributed by atoms with Crippen LogP contribution in [-0.4, -0.2) is 34.9 Å². The number of aromatic nitrogens is 7. The highest BCUT2D eigenvalue weighted by molar-refractivity contribution is 5.84. The predicted octanol–water partition coefficient (Wildman–Crippen LogP) is 12.5. The Balaban J connectivity index is 1.09. The summed E-state index contributed by atoms with van der Waals surface area (Å²) in [7, 11) is 0. The molecule has 5 aromatic heterocycles. The van der Waals surface area contributed by atoms with Gasteiger partial charge in [-0.3, -0.25) is 9.97 Å². The van der Waals surface area contributed by atoms with Crippen molar-refractivity contribution >= 4 is 0 Å². The Morgan fingerprint density at radius 3 is 1.23 bits per heavy atom. The van der Waals surface area contributed by atoms with E-state index in [1.165, 1.54) is 0 Å². The Morgan fingerprint density at radius 1 is 0.233 bits per heavy atom. The van der Waals surface area contributed by atoms with Crippen LogP contribution in [0.25, 0.3) is 102 Å². The van der Waals surface area contributed by atoms with Crippen molar-refractivity contribution in [2.75, 3.05) is 0 Å². The van der Waals surface area contributed by atoms with E-state index in [1.54, 1.807) is 12.4 Å². The molecule has 10 rings (SSSR count). The van der Waals surface area contributed by atoms with Gasteiger partial charge in [0.15, 0.2) is 11.6 Å². The van der Waals surface area contributed by atoms with E-state index in [4.69, 9.17) is 29.9 Å². The second kappa shape index (κ2) is 16.3. The molecular weight excluding hydrogens is 735 g/mol. The van der Waals surface area contributed by atoms with Crippen LogP contribution in [0.5, 0.6) is 0 Å². The van der Waals surface area contributed by atoms with Gasteiger partial charge >= 0.3 is 0 Å². The summed E-state index contributed by atoms with van der Waals surface area (Å²) in [6.07, 6.45) is 3.59. The summed E-state index contributed by atoms with van der Waals surface area (Å²) >= 11 is 0. The van der Waals surface area contributed by atoms with E-state index in [0.29, 0.717) is 23.0 Å². The lowest BCUT2D eigenvalue weighted by Gasteiger charge is -2.14. The van der Waals surface area contributed by atoms with Crippen molar-refractivity contribution in [1.82, 2.24) is 34.9 Å². The fourth-order valence-corrected chi connectivity index (χ4v) is 7.24. The molecule has 0 unspecified atom stereocenters. The second-order valence-electron chi connectivity index (χ2n) is 14.2. The first-order valence-electron chi connectivity index (χ1n) is 19.7. The molecule has 0 spiro atoms. The highest BCUT2D eigenvalue weighted by Gasteiger charge is 2.18. The number of rotatable bonds is 9. The van der Waals surface area contributed by atoms with E-state index in [-0.39, 0.29) is 0 Å². The lowest BCUT2D eigenvalue weighted by molar-refractivity contribution is 1.17. The molecule has 60 heavy (non-hydrogen) atoms. The zero-order valence-electron chi connectivity index (χ0n) is 32.3. The highest BCUT2D eigenvalue weighted by atomic mass is 14.9. The molecule has 10 aromatic rings. The standard InChI is InChI=1S/C53H35N7/c1-5-16-37(17-6-1)45-34-46(38-18-7-2-8-19-38)58-53(57-45)41-28-26-36(27-29-41)42-32-49(44-25-13-14-30-54-44)56-50(33-42)51-43(24-15-31-55-51)48-35-47(39-20-9-3-10-21-39)59-52(60-48)40-22-11-4-12-23-40/h1-35H. The molecule has 0 amide bonds. The highest BCUT2D eigenvalue weighted by Crippen LogP contribution is 2.36. The van der Waals surface area contributed by atoms with Crippen LogP contribution in [0.4, 0.5) is 0 Å². The summed E-state index contributed by atoms with van der Waals surface area (Å²) in [5.74, 6) is 1.28. The molecule has 282 valence electrons. The van der Waals surface area contributed by atoms with Gasteiger partial charge in [-0.15, -0.1) is 0 Å². The third-order valence-electron chi connectivity index (χ3n) is 10.2. The molecule has 0 N–H and O–H groups in total. The Hall–Kier alpha value is -8.29. The fraction of sp³-hybridized carbons (Fsp3) is 0. The van der Waals surface area contributed by atoms with E-state index in [2.05, 4.69) is 83.8 Å². The van der Waals surface area contributed by atoms with Gasteiger partial charge in [-0.25, -0.2) is 24.9 Å². The maximum Gasteiger partial charge on any atom is 0.160 e. The quantitative estimate of drug-likeness (QED) is 0.144. The van der Waals surface area contributed by atoms with Gasteiger partial charge in [0.05, 0.1) is 45.6 Å². The first-order chi connectivity index (χ1) is 29.7. The van der Waals surface area contributed by atoms with Crippen LogP contribution in [-0.2, 0) is 0 Å². The average Bonchev–Trinajstić information content (AvgIpc) is 3.35. The predicted molar refractivity (Wildman–Crippen MR) is 240 cm³/mol. The summed E-state index contributed by atoms with van der Waals surface area (Å²) in [4.78, 5) is 35.1. The molecule has 0 aliphatic carbocycles. The molecule has 5 aromatic carbocycles. The number of benzene rings is 5. The van der Waals surface area contributed by atoms with E-state index in [1.807, 2.05) is 121 Å². The van der Waals surface area contributed by atoms with Crippen LogP contribution < -0.4 is 0 Å². The van der Waals surface area contributed by atoms with Crippen LogP contribution in [0.3, 0.4) is 0 Å². The lowest BCUT2D eigenvalue weighted by atomic mass is 9.99. The van der Waals surface area contributed by atoms with Crippen LogP contribution in [0, 0.1) is 0 Å². The van der Waals surface area contributed by atoms with Crippen LogP contribution in [0.15, 0.2) is 213 Å². The summed E-state index contributed by atoms with van der Waals surface area (Å²) in [6.45, 7) is 0. The van der Waals surface area contributed by atoms with Crippen molar-refractivity contribution in [3.63, 3.8) is 0 Å². The Labute approximate surface area is 347 Å². The topological polar surface area (TPSA) is 90.2 Å². The molecule has 0 bridgehead atoms. The molecule has 7 nitrogen and oxygen atoms in total. The van der Waals surface area contributed by atoms with Crippen LogP contribution >= 0.6 is 0 Å². The molecule has 0 atom stereocenters. The van der Waals surface area contributed by atoms with Gasteiger partial charge in [0.1, 0.15) is 0 Å². The summed E-state index contributed by atoms with van der Waals surface area (Å²) in [5.41, 5.74) is 13.9. The van der Waals surface area contributed by atoms with Gasteiger partial charge in [-0.1, -0.05) is 152 Å². The van der Waals surface area contributed by atoms with Gasteiger partial charge in [0.2, 0.25) is 0 Å². The minimum absolute atomic E-state index is 0.631. The van der Waals surface area contributed by atoms with Crippen molar-refractivity contribution < 1.29 is 0 Å².